The van der Waals surface area contributed by atoms with Gasteiger partial charge in [0.05, 0.1) is 11.2 Å². The molecule has 1 atom stereocenters. The van der Waals surface area contributed by atoms with Crippen LogP contribution in [0.15, 0.2) is 36.5 Å². The third kappa shape index (κ3) is 2.39. The molecule has 1 N–H and O–H groups in total. The van der Waals surface area contributed by atoms with Crippen LogP contribution in [0.3, 0.4) is 0 Å². The molecule has 0 radical (unpaired) electrons. The lowest BCUT2D eigenvalue weighted by Crippen LogP contribution is -2.13. The van der Waals surface area contributed by atoms with Crippen LogP contribution < -0.4 is 5.32 Å². The molecule has 88 valence electrons. The number of hydrogen-bond acceptors (Lipinski definition) is 3. The molecule has 2 heterocycles. The molecule has 1 aliphatic rings. The third-order valence-electron chi connectivity index (χ3n) is 3.24. The van der Waals surface area contributed by atoms with Crippen LogP contribution >= 0.6 is 11.8 Å². The van der Waals surface area contributed by atoms with E-state index in [0.29, 0.717) is 0 Å². The Morgan fingerprint density at radius 1 is 1.29 bits per heavy atom. The van der Waals surface area contributed by atoms with Crippen LogP contribution in [0.5, 0.6) is 0 Å². The number of fused-ring (bicyclic) bond motifs is 1. The van der Waals surface area contributed by atoms with E-state index in [9.17, 15) is 0 Å². The zero-order chi connectivity index (χ0) is 11.5. The summed E-state index contributed by atoms with van der Waals surface area (Å²) in [4.78, 5) is 4.46. The molecule has 1 saturated heterocycles. The van der Waals surface area contributed by atoms with Gasteiger partial charge < -0.3 is 5.32 Å². The van der Waals surface area contributed by atoms with Crippen molar-refractivity contribution in [3.63, 3.8) is 0 Å². The van der Waals surface area contributed by atoms with Crippen molar-refractivity contribution in [1.82, 2.24) is 4.98 Å². The van der Waals surface area contributed by atoms with Gasteiger partial charge in [0.25, 0.3) is 0 Å². The van der Waals surface area contributed by atoms with Gasteiger partial charge in [-0.15, -0.1) is 0 Å². The maximum absolute atomic E-state index is 4.46. The van der Waals surface area contributed by atoms with Crippen LogP contribution in [-0.2, 0) is 0 Å². The van der Waals surface area contributed by atoms with Gasteiger partial charge in [0.15, 0.2) is 0 Å². The molecule has 0 saturated carbocycles. The Kier molecular flexibility index (Phi) is 3.18. The normalized spacial score (nSPS) is 19.6. The van der Waals surface area contributed by atoms with Crippen LogP contribution in [0.25, 0.3) is 10.9 Å². The molecule has 0 aliphatic carbocycles. The molecule has 2 aromatic rings. The third-order valence-corrected chi connectivity index (χ3v) is 4.47. The topological polar surface area (TPSA) is 24.9 Å². The Hall–Kier alpha value is -1.22. The van der Waals surface area contributed by atoms with Crippen LogP contribution in [0.1, 0.15) is 6.42 Å². The van der Waals surface area contributed by atoms with Gasteiger partial charge in [0.2, 0.25) is 0 Å². The molecule has 1 aromatic carbocycles. The van der Waals surface area contributed by atoms with E-state index in [2.05, 4.69) is 46.3 Å². The molecule has 0 amide bonds. The summed E-state index contributed by atoms with van der Waals surface area (Å²) in [6.07, 6.45) is 3.20. The molecule has 1 fully saturated rings. The smallest absolute Gasteiger partial charge is 0.0933 e. The number of para-hydroxylation sites is 1. The van der Waals surface area contributed by atoms with E-state index < -0.39 is 0 Å². The van der Waals surface area contributed by atoms with Crippen LogP contribution in [-0.4, -0.2) is 23.0 Å². The average Bonchev–Trinajstić information content (AvgIpc) is 2.89. The molecule has 1 aliphatic heterocycles. The van der Waals surface area contributed by atoms with Gasteiger partial charge in [-0.3, -0.25) is 4.98 Å². The lowest BCUT2D eigenvalue weighted by molar-refractivity contribution is 0.632. The Labute approximate surface area is 106 Å². The van der Waals surface area contributed by atoms with Crippen molar-refractivity contribution < 1.29 is 0 Å². The molecular formula is C14H16N2S. The summed E-state index contributed by atoms with van der Waals surface area (Å²) in [6, 6.07) is 10.4. The predicted molar refractivity (Wildman–Crippen MR) is 75.7 cm³/mol. The number of hydrogen-bond donors (Lipinski definition) is 1. The first-order chi connectivity index (χ1) is 8.43. The van der Waals surface area contributed by atoms with E-state index in [1.165, 1.54) is 29.0 Å². The number of benzene rings is 1. The van der Waals surface area contributed by atoms with Gasteiger partial charge in [0.1, 0.15) is 0 Å². The summed E-state index contributed by atoms with van der Waals surface area (Å²) in [5.74, 6) is 3.43. The van der Waals surface area contributed by atoms with Crippen molar-refractivity contribution in [2.75, 3.05) is 23.4 Å². The zero-order valence-corrected chi connectivity index (χ0v) is 10.5. The highest BCUT2D eigenvalue weighted by atomic mass is 32.2. The Bertz CT molecular complexity index is 501. The first kappa shape index (κ1) is 10.9. The number of anilines is 1. The van der Waals surface area contributed by atoms with Crippen LogP contribution in [0.4, 0.5) is 5.69 Å². The van der Waals surface area contributed by atoms with Crippen molar-refractivity contribution >= 4 is 28.4 Å². The molecule has 2 nitrogen and oxygen atoms in total. The minimum Gasteiger partial charge on any atom is -0.383 e. The van der Waals surface area contributed by atoms with Gasteiger partial charge in [-0.2, -0.15) is 11.8 Å². The second-order valence-electron chi connectivity index (χ2n) is 4.49. The highest BCUT2D eigenvalue weighted by molar-refractivity contribution is 7.99. The summed E-state index contributed by atoms with van der Waals surface area (Å²) in [5.41, 5.74) is 2.25. The summed E-state index contributed by atoms with van der Waals surface area (Å²) in [6.45, 7) is 1.07. The fourth-order valence-electron chi connectivity index (χ4n) is 2.25. The van der Waals surface area contributed by atoms with Gasteiger partial charge in [0, 0.05) is 18.1 Å². The summed E-state index contributed by atoms with van der Waals surface area (Å²) in [5, 5.41) is 4.76. The van der Waals surface area contributed by atoms with Gasteiger partial charge in [-0.25, -0.2) is 0 Å². The quantitative estimate of drug-likeness (QED) is 0.895. The number of thioether (sulfide) groups is 1. The monoisotopic (exact) mass is 244 g/mol. The van der Waals surface area contributed by atoms with E-state index in [-0.39, 0.29) is 0 Å². The second-order valence-corrected chi connectivity index (χ2v) is 5.64. The van der Waals surface area contributed by atoms with E-state index in [0.717, 1.165) is 18.0 Å². The fourth-order valence-corrected chi connectivity index (χ4v) is 3.53. The number of rotatable bonds is 3. The highest BCUT2D eigenvalue weighted by Gasteiger charge is 2.15. The molecule has 17 heavy (non-hydrogen) atoms. The lowest BCUT2D eigenvalue weighted by atomic mass is 10.1. The molecule has 0 spiro atoms. The van der Waals surface area contributed by atoms with Gasteiger partial charge >= 0.3 is 0 Å². The standard InChI is InChI=1S/C14H16N2S/c1-3-12-4-2-7-15-14(12)13(5-1)16-9-11-6-8-17-10-11/h1-5,7,11,16H,6,8-10H2. The Morgan fingerprint density at radius 3 is 3.12 bits per heavy atom. The summed E-state index contributed by atoms with van der Waals surface area (Å²) in [7, 11) is 0. The SMILES string of the molecule is c1cnc2c(NCC3CCSC3)cccc2c1. The minimum absolute atomic E-state index is 0.818. The first-order valence-electron chi connectivity index (χ1n) is 6.09. The van der Waals surface area contributed by atoms with Gasteiger partial charge in [-0.1, -0.05) is 18.2 Å². The van der Waals surface area contributed by atoms with E-state index in [1.54, 1.807) is 0 Å². The largest absolute Gasteiger partial charge is 0.383 e. The number of nitrogens with one attached hydrogen (secondary N) is 1. The maximum atomic E-state index is 4.46. The number of pyridine rings is 1. The van der Waals surface area contributed by atoms with E-state index in [4.69, 9.17) is 0 Å². The molecule has 3 heteroatoms. The number of aromatic nitrogens is 1. The van der Waals surface area contributed by atoms with Gasteiger partial charge in [-0.05, 0) is 36.0 Å². The lowest BCUT2D eigenvalue weighted by Gasteiger charge is -2.12. The van der Waals surface area contributed by atoms with Crippen molar-refractivity contribution in [2.24, 2.45) is 5.92 Å². The first-order valence-corrected chi connectivity index (χ1v) is 7.24. The minimum atomic E-state index is 0.818. The Morgan fingerprint density at radius 2 is 2.24 bits per heavy atom. The van der Waals surface area contributed by atoms with Crippen LogP contribution in [0.2, 0.25) is 0 Å². The zero-order valence-electron chi connectivity index (χ0n) is 9.73. The summed E-state index contributed by atoms with van der Waals surface area (Å²) < 4.78 is 0. The molecule has 1 unspecified atom stereocenters. The maximum Gasteiger partial charge on any atom is 0.0933 e. The van der Waals surface area contributed by atoms with Crippen molar-refractivity contribution in [1.29, 1.82) is 0 Å². The van der Waals surface area contributed by atoms with Crippen molar-refractivity contribution in [3.05, 3.63) is 36.5 Å². The number of nitrogens with zero attached hydrogens (tertiary/aromatic N) is 1. The average molecular weight is 244 g/mol. The Balaban J connectivity index is 1.79. The summed E-state index contributed by atoms with van der Waals surface area (Å²) >= 11 is 2.07. The van der Waals surface area contributed by atoms with Crippen molar-refractivity contribution in [3.8, 4) is 0 Å². The van der Waals surface area contributed by atoms with Crippen molar-refractivity contribution in [2.45, 2.75) is 6.42 Å². The predicted octanol–water partition coefficient (Wildman–Crippen LogP) is 3.40. The molecule has 1 aromatic heterocycles. The van der Waals surface area contributed by atoms with E-state index >= 15 is 0 Å². The van der Waals surface area contributed by atoms with Crippen LogP contribution in [0, 0.1) is 5.92 Å². The molecule has 0 bridgehead atoms. The fraction of sp³-hybridized carbons (Fsp3) is 0.357. The highest BCUT2D eigenvalue weighted by Crippen LogP contribution is 2.25. The molecular weight excluding hydrogens is 228 g/mol. The van der Waals surface area contributed by atoms with E-state index in [1.807, 2.05) is 12.3 Å². The second kappa shape index (κ2) is 4.96. The molecule has 3 rings (SSSR count).